The fourth-order valence-corrected chi connectivity index (χ4v) is 4.47. The molecule has 1 rings (SSSR count). The number of carboxylic acid groups (broad SMARTS) is 2. The van der Waals surface area contributed by atoms with Gasteiger partial charge in [0.15, 0.2) is 0 Å². The zero-order valence-corrected chi connectivity index (χ0v) is 16.8. The molecule has 1 aliphatic rings. The lowest BCUT2D eigenvalue weighted by molar-refractivity contribution is 0.0549. The molecule has 0 saturated carbocycles. The van der Waals surface area contributed by atoms with Crippen LogP contribution in [0.15, 0.2) is 0 Å². The first-order valence-corrected chi connectivity index (χ1v) is 9.86. The molecule has 1 aliphatic heterocycles. The van der Waals surface area contributed by atoms with Crippen molar-refractivity contribution in [3.8, 4) is 0 Å². The highest BCUT2D eigenvalue weighted by molar-refractivity contribution is 5.66. The second-order valence-corrected chi connectivity index (χ2v) is 8.49. The molecule has 0 unspecified atom stereocenters. The summed E-state index contributed by atoms with van der Waals surface area (Å²) in [7, 11) is 0. The van der Waals surface area contributed by atoms with Crippen molar-refractivity contribution < 1.29 is 19.8 Å². The van der Waals surface area contributed by atoms with Crippen molar-refractivity contribution >= 4 is 12.2 Å². The molecule has 4 N–H and O–H groups in total. The molecule has 7 heteroatoms. The summed E-state index contributed by atoms with van der Waals surface area (Å²) in [6.07, 6.45) is 3.86. The Morgan fingerprint density at radius 2 is 1.54 bits per heavy atom. The van der Waals surface area contributed by atoms with Gasteiger partial charge in [-0.05, 0) is 63.5 Å². The first kappa shape index (κ1) is 22.5. The monoisotopic (exact) mass is 371 g/mol. The molecule has 7 nitrogen and oxygen atoms in total. The van der Waals surface area contributed by atoms with Crippen LogP contribution in [-0.2, 0) is 0 Å². The lowest BCUT2D eigenvalue weighted by atomic mass is 9.76. The molecule has 0 spiro atoms. The first-order chi connectivity index (χ1) is 12.1. The van der Waals surface area contributed by atoms with E-state index in [9.17, 15) is 9.59 Å². The Morgan fingerprint density at radius 3 is 1.96 bits per heavy atom. The molecule has 2 amide bonds. The number of hydrogen-bond donors (Lipinski definition) is 4. The lowest BCUT2D eigenvalue weighted by Gasteiger charge is -2.45. The van der Waals surface area contributed by atoms with Gasteiger partial charge in [-0.3, -0.25) is 4.90 Å². The normalized spacial score (nSPS) is 16.8. The fraction of sp³-hybridized carbons (Fsp3) is 0.895. The number of amides is 2. The van der Waals surface area contributed by atoms with Gasteiger partial charge in [0, 0.05) is 18.1 Å². The van der Waals surface area contributed by atoms with Crippen LogP contribution in [0.25, 0.3) is 0 Å². The van der Waals surface area contributed by atoms with Gasteiger partial charge in [0.05, 0.1) is 0 Å². The molecule has 0 aromatic carbocycles. The van der Waals surface area contributed by atoms with Gasteiger partial charge >= 0.3 is 12.2 Å². The summed E-state index contributed by atoms with van der Waals surface area (Å²) < 4.78 is 0. The van der Waals surface area contributed by atoms with E-state index >= 15 is 0 Å². The third-order valence-corrected chi connectivity index (χ3v) is 5.14. The highest BCUT2D eigenvalue weighted by atomic mass is 16.4. The standard InChI is InChI=1S/C19H37N3O4/c1-14(2)11-19(12-15(3)4,22-9-5-6-10-22)8-7-16(21-18(25)26)13-20-17(23)24/h14-16,20-21H,5-13H2,1-4H3,(H,23,24)(H,25,26)/t16-/m0/s1. The molecule has 0 aliphatic carbocycles. The quantitative estimate of drug-likeness (QED) is 0.444. The van der Waals surface area contributed by atoms with Crippen molar-refractivity contribution in [1.29, 1.82) is 0 Å². The van der Waals surface area contributed by atoms with Crippen LogP contribution in [0.1, 0.15) is 66.2 Å². The Morgan fingerprint density at radius 1 is 1.00 bits per heavy atom. The predicted molar refractivity (Wildman–Crippen MR) is 103 cm³/mol. The van der Waals surface area contributed by atoms with Gasteiger partial charge < -0.3 is 20.8 Å². The SMILES string of the molecule is CC(C)CC(CC[C@@H](CNC(=O)O)NC(=O)O)(CC(C)C)N1CCCC1. The van der Waals surface area contributed by atoms with E-state index in [1.54, 1.807) is 0 Å². The maximum atomic E-state index is 11.1. The number of nitrogens with one attached hydrogen (secondary N) is 2. The van der Waals surface area contributed by atoms with Gasteiger partial charge in [-0.15, -0.1) is 0 Å². The van der Waals surface area contributed by atoms with E-state index < -0.39 is 18.2 Å². The van der Waals surface area contributed by atoms with Crippen LogP contribution >= 0.6 is 0 Å². The van der Waals surface area contributed by atoms with Crippen LogP contribution in [0.4, 0.5) is 9.59 Å². The van der Waals surface area contributed by atoms with Crippen LogP contribution < -0.4 is 10.6 Å². The zero-order valence-electron chi connectivity index (χ0n) is 16.8. The third-order valence-electron chi connectivity index (χ3n) is 5.14. The molecule has 1 heterocycles. The maximum absolute atomic E-state index is 11.1. The molecular formula is C19H37N3O4. The average molecular weight is 372 g/mol. The topological polar surface area (TPSA) is 102 Å². The average Bonchev–Trinajstić information content (AvgIpc) is 3.02. The van der Waals surface area contributed by atoms with Crippen molar-refractivity contribution in [2.24, 2.45) is 11.8 Å². The molecule has 152 valence electrons. The van der Waals surface area contributed by atoms with E-state index in [2.05, 4.69) is 43.2 Å². The van der Waals surface area contributed by atoms with Crippen LogP contribution in [0, 0.1) is 11.8 Å². The highest BCUT2D eigenvalue weighted by Crippen LogP contribution is 2.38. The van der Waals surface area contributed by atoms with Crippen molar-refractivity contribution in [2.75, 3.05) is 19.6 Å². The summed E-state index contributed by atoms with van der Waals surface area (Å²) in [5, 5.41) is 22.7. The molecule has 26 heavy (non-hydrogen) atoms. The van der Waals surface area contributed by atoms with Crippen LogP contribution in [0.3, 0.4) is 0 Å². The molecule has 1 fully saturated rings. The first-order valence-electron chi connectivity index (χ1n) is 9.86. The van der Waals surface area contributed by atoms with E-state index in [1.165, 1.54) is 12.8 Å². The van der Waals surface area contributed by atoms with Crippen molar-refractivity contribution in [1.82, 2.24) is 15.5 Å². The summed E-state index contributed by atoms with van der Waals surface area (Å²) >= 11 is 0. The van der Waals surface area contributed by atoms with Crippen molar-refractivity contribution in [3.05, 3.63) is 0 Å². The van der Waals surface area contributed by atoms with E-state index in [0.717, 1.165) is 32.4 Å². The van der Waals surface area contributed by atoms with Crippen LogP contribution in [-0.4, -0.2) is 58.5 Å². The van der Waals surface area contributed by atoms with Crippen LogP contribution in [0.5, 0.6) is 0 Å². The summed E-state index contributed by atoms with van der Waals surface area (Å²) in [6.45, 7) is 11.3. The van der Waals surface area contributed by atoms with E-state index in [-0.39, 0.29) is 12.1 Å². The number of nitrogens with zero attached hydrogens (tertiary/aromatic N) is 1. The van der Waals surface area contributed by atoms with Crippen LogP contribution in [0.2, 0.25) is 0 Å². The van der Waals surface area contributed by atoms with Gasteiger partial charge in [-0.1, -0.05) is 27.7 Å². The molecule has 0 radical (unpaired) electrons. The summed E-state index contributed by atoms with van der Waals surface area (Å²) in [6, 6.07) is -0.412. The van der Waals surface area contributed by atoms with Gasteiger partial charge in [0.25, 0.3) is 0 Å². The molecule has 1 atom stereocenters. The smallest absolute Gasteiger partial charge is 0.404 e. The number of likely N-dealkylation sites (tertiary alicyclic amines) is 1. The van der Waals surface area contributed by atoms with Crippen molar-refractivity contribution in [3.63, 3.8) is 0 Å². The van der Waals surface area contributed by atoms with Gasteiger partial charge in [-0.25, -0.2) is 9.59 Å². The number of rotatable bonds is 11. The van der Waals surface area contributed by atoms with Gasteiger partial charge in [0.2, 0.25) is 0 Å². The lowest BCUT2D eigenvalue weighted by Crippen LogP contribution is -2.51. The largest absolute Gasteiger partial charge is 0.465 e. The van der Waals surface area contributed by atoms with Gasteiger partial charge in [0.1, 0.15) is 0 Å². The highest BCUT2D eigenvalue weighted by Gasteiger charge is 2.39. The molecular weight excluding hydrogens is 334 g/mol. The number of carbonyl (C=O) groups is 2. The molecule has 0 bridgehead atoms. The Bertz CT molecular complexity index is 438. The van der Waals surface area contributed by atoms with Gasteiger partial charge in [-0.2, -0.15) is 0 Å². The Kier molecular flexibility index (Phi) is 9.19. The van der Waals surface area contributed by atoms with E-state index in [4.69, 9.17) is 10.2 Å². The second-order valence-electron chi connectivity index (χ2n) is 8.49. The number of hydrogen-bond acceptors (Lipinski definition) is 3. The Balaban J connectivity index is 2.91. The summed E-state index contributed by atoms with van der Waals surface area (Å²) in [4.78, 5) is 24.5. The van der Waals surface area contributed by atoms with Crippen molar-refractivity contribution in [2.45, 2.75) is 77.8 Å². The molecule has 1 saturated heterocycles. The molecule has 0 aromatic rings. The third kappa shape index (κ3) is 7.81. The maximum Gasteiger partial charge on any atom is 0.404 e. The van der Waals surface area contributed by atoms with E-state index in [1.807, 2.05) is 0 Å². The Hall–Kier alpha value is -1.50. The summed E-state index contributed by atoms with van der Waals surface area (Å²) in [5.74, 6) is 1.11. The molecule has 0 aromatic heterocycles. The minimum absolute atomic E-state index is 0.0560. The van der Waals surface area contributed by atoms with E-state index in [0.29, 0.717) is 18.3 Å². The predicted octanol–water partition coefficient (Wildman–Crippen LogP) is 3.60. The minimum Gasteiger partial charge on any atom is -0.465 e. The second kappa shape index (κ2) is 10.6. The Labute approximate surface area is 157 Å². The summed E-state index contributed by atoms with van der Waals surface area (Å²) in [5.41, 5.74) is 0.0560. The zero-order chi connectivity index (χ0) is 19.7. The fourth-order valence-electron chi connectivity index (χ4n) is 4.47. The minimum atomic E-state index is -1.13.